The molecule has 0 aromatic heterocycles. The molecule has 1 aliphatic rings. The van der Waals surface area contributed by atoms with Crippen molar-refractivity contribution in [2.45, 2.75) is 12.8 Å². The summed E-state index contributed by atoms with van der Waals surface area (Å²) in [6, 6.07) is 7.27. The molecular formula is C14H18N4O2S. The summed E-state index contributed by atoms with van der Waals surface area (Å²) in [6.45, 7) is 1.43. The summed E-state index contributed by atoms with van der Waals surface area (Å²) in [5.74, 6) is 0.388. The largest absolute Gasteiger partial charge is 0.495 e. The maximum atomic E-state index is 12.3. The number of hydrogen-bond donors (Lipinski definition) is 2. The lowest BCUT2D eigenvalue weighted by atomic mass is 10.3. The second-order valence-corrected chi connectivity index (χ2v) is 5.08. The second-order valence-electron chi connectivity index (χ2n) is 4.64. The lowest BCUT2D eigenvalue weighted by molar-refractivity contribution is -0.122. The van der Waals surface area contributed by atoms with Crippen molar-refractivity contribution in [3.8, 4) is 5.75 Å². The topological polar surface area (TPSA) is 80.0 Å². The number of methoxy groups -OCH3 is 1. The van der Waals surface area contributed by atoms with Crippen molar-refractivity contribution in [2.75, 3.05) is 25.6 Å². The highest BCUT2D eigenvalue weighted by molar-refractivity contribution is 7.82. The number of thiocarbonyl (C=S) groups is 1. The number of hydrazone groups is 1. The first-order valence-electron chi connectivity index (χ1n) is 6.69. The molecule has 2 rings (SSSR count). The van der Waals surface area contributed by atoms with Crippen LogP contribution in [0.4, 0.5) is 5.69 Å². The Labute approximate surface area is 128 Å². The van der Waals surface area contributed by atoms with Crippen LogP contribution < -0.4 is 15.9 Å². The van der Waals surface area contributed by atoms with Crippen LogP contribution in [0.15, 0.2) is 29.4 Å². The minimum atomic E-state index is -0.234. The first-order valence-corrected chi connectivity index (χ1v) is 7.10. The Hall–Kier alpha value is -2.15. The van der Waals surface area contributed by atoms with Crippen LogP contribution in [-0.2, 0) is 4.79 Å². The number of nitrogens with zero attached hydrogens (tertiary/aromatic N) is 2. The summed E-state index contributed by atoms with van der Waals surface area (Å²) in [5.41, 5.74) is 9.13. The molecule has 21 heavy (non-hydrogen) atoms. The Balaban J connectivity index is 2.17. The van der Waals surface area contributed by atoms with Gasteiger partial charge >= 0.3 is 0 Å². The van der Waals surface area contributed by atoms with Gasteiger partial charge in [-0.1, -0.05) is 24.4 Å². The van der Waals surface area contributed by atoms with Crippen molar-refractivity contribution in [3.63, 3.8) is 0 Å². The number of carbonyl (C=O) groups excluding carboxylic acids is 1. The summed E-state index contributed by atoms with van der Waals surface area (Å²) in [6.07, 6.45) is 1.99. The molecule has 0 saturated carbocycles. The van der Waals surface area contributed by atoms with Gasteiger partial charge in [-0.2, -0.15) is 5.10 Å². The average Bonchev–Trinajstić information content (AvgIpc) is 3.01. The van der Waals surface area contributed by atoms with Crippen molar-refractivity contribution < 1.29 is 9.53 Å². The van der Waals surface area contributed by atoms with E-state index in [2.05, 4.69) is 10.5 Å². The van der Waals surface area contributed by atoms with Crippen molar-refractivity contribution in [3.05, 3.63) is 24.3 Å². The van der Waals surface area contributed by atoms with E-state index in [9.17, 15) is 4.79 Å². The zero-order valence-electron chi connectivity index (χ0n) is 11.8. The summed E-state index contributed by atoms with van der Waals surface area (Å²) < 4.78 is 5.21. The van der Waals surface area contributed by atoms with Gasteiger partial charge in [0.1, 0.15) is 10.7 Å². The number of likely N-dealkylation sites (tertiary alicyclic amines) is 1. The number of ether oxygens (including phenoxy) is 1. The Morgan fingerprint density at radius 2 is 2.05 bits per heavy atom. The second kappa shape index (κ2) is 7.03. The summed E-state index contributed by atoms with van der Waals surface area (Å²) in [5, 5.41) is 4.08. The van der Waals surface area contributed by atoms with Gasteiger partial charge in [-0.15, -0.1) is 0 Å². The van der Waals surface area contributed by atoms with E-state index in [0.717, 1.165) is 25.9 Å². The number of carbonyl (C=O) groups is 1. The van der Waals surface area contributed by atoms with E-state index in [-0.39, 0.29) is 16.6 Å². The summed E-state index contributed by atoms with van der Waals surface area (Å²) in [7, 11) is 1.56. The highest BCUT2D eigenvalue weighted by atomic mass is 32.1. The van der Waals surface area contributed by atoms with Gasteiger partial charge in [0.2, 0.25) is 0 Å². The third-order valence-corrected chi connectivity index (χ3v) is 3.42. The molecule has 0 aliphatic carbocycles. The Morgan fingerprint density at radius 3 is 2.67 bits per heavy atom. The first kappa shape index (κ1) is 15.2. The van der Waals surface area contributed by atoms with Gasteiger partial charge in [-0.25, -0.2) is 0 Å². The molecule has 1 aromatic carbocycles. The number of benzene rings is 1. The third-order valence-electron chi connectivity index (χ3n) is 3.22. The molecule has 3 N–H and O–H groups in total. The Bertz CT molecular complexity index is 568. The van der Waals surface area contributed by atoms with Crippen LogP contribution in [0.2, 0.25) is 0 Å². The number of nitrogens with two attached hydrogens (primary N) is 1. The molecule has 1 aliphatic heterocycles. The number of hydrogen-bond acceptors (Lipinski definition) is 5. The fourth-order valence-corrected chi connectivity index (χ4v) is 2.26. The normalized spacial score (nSPS) is 14.9. The van der Waals surface area contributed by atoms with Gasteiger partial charge in [0.05, 0.1) is 12.8 Å². The van der Waals surface area contributed by atoms with Gasteiger partial charge in [-0.3, -0.25) is 10.2 Å². The standard InChI is InChI=1S/C14H18N4O2S/c1-20-11-7-3-2-6-10(11)16-17-12(13(15)21)14(19)18-8-4-5-9-18/h2-3,6-7,16H,4-5,8-9H2,1H3,(H2,15,21)/b17-12-. The van der Waals surface area contributed by atoms with E-state index in [1.807, 2.05) is 12.1 Å². The van der Waals surface area contributed by atoms with Crippen LogP contribution in [0.25, 0.3) is 0 Å². The van der Waals surface area contributed by atoms with Crippen molar-refractivity contribution in [1.29, 1.82) is 0 Å². The van der Waals surface area contributed by atoms with E-state index in [0.29, 0.717) is 11.4 Å². The molecule has 0 spiro atoms. The molecule has 1 aromatic rings. The molecular weight excluding hydrogens is 288 g/mol. The molecule has 6 nitrogen and oxygen atoms in total. The Kier molecular flexibility index (Phi) is 5.10. The van der Waals surface area contributed by atoms with E-state index in [1.165, 1.54) is 0 Å². The molecule has 1 fully saturated rings. The fraction of sp³-hybridized carbons (Fsp3) is 0.357. The van der Waals surface area contributed by atoms with Crippen LogP contribution in [0.3, 0.4) is 0 Å². The summed E-state index contributed by atoms with van der Waals surface area (Å²) >= 11 is 4.93. The monoisotopic (exact) mass is 306 g/mol. The van der Waals surface area contributed by atoms with Crippen molar-refractivity contribution in [1.82, 2.24) is 4.90 Å². The number of para-hydroxylation sites is 2. The van der Waals surface area contributed by atoms with E-state index < -0.39 is 0 Å². The van der Waals surface area contributed by atoms with E-state index in [1.54, 1.807) is 24.1 Å². The van der Waals surface area contributed by atoms with Crippen LogP contribution >= 0.6 is 12.2 Å². The predicted octanol–water partition coefficient (Wildman–Crippen LogP) is 1.37. The molecule has 1 saturated heterocycles. The molecule has 1 amide bonds. The highest BCUT2D eigenvalue weighted by Crippen LogP contribution is 2.23. The number of anilines is 1. The van der Waals surface area contributed by atoms with Gasteiger partial charge in [0.25, 0.3) is 5.91 Å². The molecule has 0 bridgehead atoms. The minimum Gasteiger partial charge on any atom is -0.495 e. The lowest BCUT2D eigenvalue weighted by Crippen LogP contribution is -2.40. The van der Waals surface area contributed by atoms with Crippen LogP contribution in [0.1, 0.15) is 12.8 Å². The molecule has 1 heterocycles. The number of amides is 1. The van der Waals surface area contributed by atoms with Crippen LogP contribution in [0, 0.1) is 0 Å². The molecule has 0 radical (unpaired) electrons. The fourth-order valence-electron chi connectivity index (χ4n) is 2.13. The molecule has 7 heteroatoms. The maximum Gasteiger partial charge on any atom is 0.277 e. The Morgan fingerprint density at radius 1 is 1.38 bits per heavy atom. The summed E-state index contributed by atoms with van der Waals surface area (Å²) in [4.78, 5) is 14.0. The zero-order chi connectivity index (χ0) is 15.2. The number of nitrogens with one attached hydrogen (secondary N) is 1. The molecule has 112 valence electrons. The maximum absolute atomic E-state index is 12.3. The predicted molar refractivity (Wildman–Crippen MR) is 86.7 cm³/mol. The number of rotatable bonds is 5. The smallest absolute Gasteiger partial charge is 0.277 e. The highest BCUT2D eigenvalue weighted by Gasteiger charge is 2.24. The lowest BCUT2D eigenvalue weighted by Gasteiger charge is -2.16. The van der Waals surface area contributed by atoms with E-state index in [4.69, 9.17) is 22.7 Å². The van der Waals surface area contributed by atoms with Gasteiger partial charge in [-0.05, 0) is 25.0 Å². The quantitative estimate of drug-likeness (QED) is 0.488. The van der Waals surface area contributed by atoms with Crippen molar-refractivity contribution in [2.24, 2.45) is 10.8 Å². The zero-order valence-corrected chi connectivity index (χ0v) is 12.7. The molecule has 0 atom stereocenters. The third kappa shape index (κ3) is 3.69. The average molecular weight is 306 g/mol. The minimum absolute atomic E-state index is 0.0192. The SMILES string of the molecule is COc1ccccc1N/N=C(\C(=O)N1CCCC1)C(N)=S. The van der Waals surface area contributed by atoms with Gasteiger partial charge in [0.15, 0.2) is 5.71 Å². The van der Waals surface area contributed by atoms with Crippen LogP contribution in [0.5, 0.6) is 5.75 Å². The van der Waals surface area contributed by atoms with Crippen molar-refractivity contribution >= 4 is 34.5 Å². The van der Waals surface area contributed by atoms with Crippen LogP contribution in [-0.4, -0.2) is 41.7 Å². The molecule has 0 unspecified atom stereocenters. The van der Waals surface area contributed by atoms with Gasteiger partial charge in [0, 0.05) is 13.1 Å². The van der Waals surface area contributed by atoms with Gasteiger partial charge < -0.3 is 15.4 Å². The van der Waals surface area contributed by atoms with E-state index >= 15 is 0 Å². The first-order chi connectivity index (χ1) is 10.1.